The average Bonchev–Trinajstić information content (AvgIpc) is 3.20. The topological polar surface area (TPSA) is 90.3 Å². The van der Waals surface area contributed by atoms with Crippen LogP contribution >= 0.6 is 24.8 Å². The number of fused-ring (bicyclic) bond motifs is 5. The van der Waals surface area contributed by atoms with Gasteiger partial charge in [0.15, 0.2) is 11.6 Å². The van der Waals surface area contributed by atoms with Gasteiger partial charge >= 0.3 is 0 Å². The fourth-order valence-corrected chi connectivity index (χ4v) is 9.08. The van der Waals surface area contributed by atoms with Crippen molar-refractivity contribution in [3.05, 3.63) is 48.1 Å². The molecule has 0 spiro atoms. The molecule has 0 radical (unpaired) electrons. The number of rotatable bonds is 5. The van der Waals surface area contributed by atoms with Crippen molar-refractivity contribution in [2.45, 2.75) is 57.7 Å². The molecule has 4 fully saturated rings. The van der Waals surface area contributed by atoms with Gasteiger partial charge in [-0.05, 0) is 80.4 Å². The number of carbonyl (C=O) groups excluding carboxylic acids is 2. The Morgan fingerprint density at radius 2 is 1.76 bits per heavy atom. The third kappa shape index (κ3) is 5.06. The van der Waals surface area contributed by atoms with Gasteiger partial charge in [0, 0.05) is 48.6 Å². The monoisotopic (exact) mass is 606 g/mol. The molecule has 1 aliphatic heterocycles. The van der Waals surface area contributed by atoms with Crippen LogP contribution in [0.3, 0.4) is 0 Å². The standard InChI is InChI=1S/C32H42N2O5.2ClH/c1-30-12-10-23(35)18-21(30)4-9-25-26-11-13-32(38,31(26,2)19-27(36)29(25)30)28(37)20-33-14-16-34(17-15-33)22-5-7-24(39-3)8-6-22;;/h5-8,10,12,18,25-27,29,36,38H,4,9,11,13-17,19-20H2,1-3H3;2*1H/t25-,26-,27-,29+,30-,31-,32-;;/m0../s1. The number of benzene rings is 1. The van der Waals surface area contributed by atoms with Gasteiger partial charge in [0.2, 0.25) is 0 Å². The number of Topliss-reactive ketones (excluding diaryl/α,β-unsaturated/α-hetero) is 1. The minimum Gasteiger partial charge on any atom is -0.497 e. The first kappa shape index (κ1) is 32.0. The summed E-state index contributed by atoms with van der Waals surface area (Å²) < 4.78 is 5.27. The van der Waals surface area contributed by atoms with Crippen molar-refractivity contribution in [1.82, 2.24) is 4.90 Å². The zero-order valence-corrected chi connectivity index (χ0v) is 25.9. The fraction of sp³-hybridized carbons (Fsp3) is 0.625. The number of methoxy groups -OCH3 is 1. The van der Waals surface area contributed by atoms with E-state index in [1.54, 1.807) is 19.3 Å². The molecule has 4 aliphatic carbocycles. The predicted molar refractivity (Wildman–Crippen MR) is 164 cm³/mol. The van der Waals surface area contributed by atoms with Crippen LogP contribution in [0.15, 0.2) is 48.1 Å². The number of ether oxygens (including phenoxy) is 1. The average molecular weight is 608 g/mol. The summed E-state index contributed by atoms with van der Waals surface area (Å²) in [6.07, 6.45) is 8.18. The number of anilines is 1. The van der Waals surface area contributed by atoms with E-state index in [0.717, 1.165) is 62.5 Å². The molecule has 5 aliphatic rings. The first-order valence-electron chi connectivity index (χ1n) is 14.6. The smallest absolute Gasteiger partial charge is 0.178 e. The fourth-order valence-electron chi connectivity index (χ4n) is 9.08. The number of carbonyl (C=O) groups is 2. The van der Waals surface area contributed by atoms with Crippen LogP contribution in [0.4, 0.5) is 5.69 Å². The molecule has 0 amide bonds. The maximum Gasteiger partial charge on any atom is 0.178 e. The lowest BCUT2D eigenvalue weighted by molar-refractivity contribution is -0.177. The Labute approximate surface area is 255 Å². The molecule has 9 heteroatoms. The van der Waals surface area contributed by atoms with Crippen LogP contribution in [-0.2, 0) is 9.59 Å². The molecule has 226 valence electrons. The van der Waals surface area contributed by atoms with Gasteiger partial charge in [-0.1, -0.05) is 25.5 Å². The quantitative estimate of drug-likeness (QED) is 0.518. The summed E-state index contributed by atoms with van der Waals surface area (Å²) in [6.45, 7) is 7.63. The molecular weight excluding hydrogens is 563 g/mol. The lowest BCUT2D eigenvalue weighted by atomic mass is 9.46. The number of halogens is 2. The van der Waals surface area contributed by atoms with E-state index in [-0.39, 0.29) is 66.1 Å². The van der Waals surface area contributed by atoms with E-state index in [1.807, 2.05) is 18.2 Å². The summed E-state index contributed by atoms with van der Waals surface area (Å²) in [5.41, 5.74) is -0.148. The maximum atomic E-state index is 13.9. The van der Waals surface area contributed by atoms with E-state index in [9.17, 15) is 19.8 Å². The molecule has 3 saturated carbocycles. The summed E-state index contributed by atoms with van der Waals surface area (Å²) in [5, 5.41) is 23.7. The summed E-state index contributed by atoms with van der Waals surface area (Å²) in [5.74, 6) is 1.17. The van der Waals surface area contributed by atoms with Gasteiger partial charge in [-0.2, -0.15) is 0 Å². The van der Waals surface area contributed by atoms with Crippen LogP contribution in [0.1, 0.15) is 46.0 Å². The highest BCUT2D eigenvalue weighted by molar-refractivity contribution is 6.01. The number of nitrogens with zero attached hydrogens (tertiary/aromatic N) is 2. The molecule has 6 rings (SSSR count). The number of hydrogen-bond acceptors (Lipinski definition) is 7. The molecule has 0 aromatic heterocycles. The zero-order chi connectivity index (χ0) is 27.6. The second kappa shape index (κ2) is 11.6. The number of piperazine rings is 1. The summed E-state index contributed by atoms with van der Waals surface area (Å²) >= 11 is 0. The van der Waals surface area contributed by atoms with Crippen molar-refractivity contribution < 1.29 is 24.5 Å². The number of aliphatic hydroxyl groups is 2. The molecule has 1 aromatic carbocycles. The van der Waals surface area contributed by atoms with Crippen LogP contribution < -0.4 is 9.64 Å². The van der Waals surface area contributed by atoms with Crippen molar-refractivity contribution in [2.24, 2.45) is 28.6 Å². The van der Waals surface area contributed by atoms with Crippen LogP contribution in [0, 0.1) is 28.6 Å². The lowest BCUT2D eigenvalue weighted by Crippen LogP contribution is -2.62. The normalized spacial score (nSPS) is 38.0. The largest absolute Gasteiger partial charge is 0.497 e. The Kier molecular flexibility index (Phi) is 9.10. The molecule has 0 bridgehead atoms. The second-order valence-electron chi connectivity index (χ2n) is 13.0. The molecule has 1 aromatic rings. The zero-order valence-electron chi connectivity index (χ0n) is 24.3. The highest BCUT2D eigenvalue weighted by Crippen LogP contribution is 2.67. The Morgan fingerprint density at radius 1 is 1.07 bits per heavy atom. The summed E-state index contributed by atoms with van der Waals surface area (Å²) in [7, 11) is 1.66. The summed E-state index contributed by atoms with van der Waals surface area (Å²) in [4.78, 5) is 30.4. The van der Waals surface area contributed by atoms with Crippen LogP contribution in [0.2, 0.25) is 0 Å². The molecule has 7 nitrogen and oxygen atoms in total. The van der Waals surface area contributed by atoms with Gasteiger partial charge in [0.05, 0.1) is 19.8 Å². The summed E-state index contributed by atoms with van der Waals surface area (Å²) in [6, 6.07) is 8.06. The van der Waals surface area contributed by atoms with E-state index >= 15 is 0 Å². The first-order chi connectivity index (χ1) is 18.6. The van der Waals surface area contributed by atoms with Crippen molar-refractivity contribution in [2.75, 3.05) is 44.7 Å². The van der Waals surface area contributed by atoms with E-state index < -0.39 is 17.1 Å². The van der Waals surface area contributed by atoms with Gasteiger partial charge < -0.3 is 19.8 Å². The van der Waals surface area contributed by atoms with E-state index in [0.29, 0.717) is 12.8 Å². The third-order valence-electron chi connectivity index (χ3n) is 11.3. The van der Waals surface area contributed by atoms with Crippen molar-refractivity contribution >= 4 is 42.1 Å². The molecule has 1 saturated heterocycles. The van der Waals surface area contributed by atoms with E-state index in [1.165, 1.54) is 0 Å². The molecule has 7 atom stereocenters. The number of allylic oxidation sites excluding steroid dienone is 4. The molecule has 0 unspecified atom stereocenters. The lowest BCUT2D eigenvalue weighted by Gasteiger charge is -2.59. The van der Waals surface area contributed by atoms with Crippen molar-refractivity contribution in [3.63, 3.8) is 0 Å². The predicted octanol–water partition coefficient (Wildman–Crippen LogP) is 4.24. The van der Waals surface area contributed by atoms with Gasteiger partial charge in [0.1, 0.15) is 11.4 Å². The van der Waals surface area contributed by atoms with Crippen molar-refractivity contribution in [3.8, 4) is 5.75 Å². The van der Waals surface area contributed by atoms with Crippen LogP contribution in [-0.4, -0.2) is 78.2 Å². The minimum atomic E-state index is -1.42. The SMILES string of the molecule is COc1ccc(N2CCN(CC(=O)[C@@]3(O)CC[C@H]4[C@@H]5CCC6=CC(=O)C=C[C@]6(C)[C@H]5[C@@H](O)C[C@@]43C)CC2)cc1.Cl.Cl. The molecule has 41 heavy (non-hydrogen) atoms. The second-order valence-corrected chi connectivity index (χ2v) is 13.0. The Morgan fingerprint density at radius 3 is 2.41 bits per heavy atom. The first-order valence-corrected chi connectivity index (χ1v) is 14.6. The molecule has 1 heterocycles. The Bertz CT molecular complexity index is 1210. The molecule has 2 N–H and O–H groups in total. The Hall–Kier alpha value is -1.90. The Balaban J connectivity index is 0.00000194. The minimum absolute atomic E-state index is 0. The van der Waals surface area contributed by atoms with E-state index in [4.69, 9.17) is 4.74 Å². The number of ketones is 2. The van der Waals surface area contributed by atoms with Gasteiger partial charge in [-0.3, -0.25) is 14.5 Å². The highest BCUT2D eigenvalue weighted by Gasteiger charge is 2.68. The highest BCUT2D eigenvalue weighted by atomic mass is 35.5. The van der Waals surface area contributed by atoms with Crippen molar-refractivity contribution in [1.29, 1.82) is 0 Å². The van der Waals surface area contributed by atoms with Crippen LogP contribution in [0.25, 0.3) is 0 Å². The number of aliphatic hydroxyl groups excluding tert-OH is 1. The third-order valence-corrected chi connectivity index (χ3v) is 11.3. The van der Waals surface area contributed by atoms with E-state index in [2.05, 4.69) is 35.8 Å². The van der Waals surface area contributed by atoms with Crippen LogP contribution in [0.5, 0.6) is 5.75 Å². The maximum absolute atomic E-state index is 13.9. The van der Waals surface area contributed by atoms with Gasteiger partial charge in [-0.15, -0.1) is 24.8 Å². The van der Waals surface area contributed by atoms with Gasteiger partial charge in [0.25, 0.3) is 0 Å². The number of hydrogen-bond donors (Lipinski definition) is 2. The van der Waals surface area contributed by atoms with Gasteiger partial charge in [-0.25, -0.2) is 0 Å². The molecular formula is C32H44Cl2N2O5.